The van der Waals surface area contributed by atoms with Gasteiger partial charge in [-0.1, -0.05) is 71.9 Å². The Hall–Kier alpha value is -2.92. The highest BCUT2D eigenvalue weighted by Gasteiger charge is 2.47. The van der Waals surface area contributed by atoms with Crippen LogP contribution < -0.4 is 13.9 Å². The zero-order chi connectivity index (χ0) is 25.3. The number of ether oxygens (including phenoxy) is 2. The molecule has 0 atom stereocenters. The second-order valence-corrected chi connectivity index (χ2v) is 15.9. The molecule has 0 aliphatic carbocycles. The molecule has 0 aliphatic heterocycles. The first-order chi connectivity index (χ1) is 16.7. The molecule has 0 saturated heterocycles. The van der Waals surface area contributed by atoms with Gasteiger partial charge in [-0.25, -0.2) is 0 Å². The molecule has 0 amide bonds. The van der Waals surface area contributed by atoms with Crippen molar-refractivity contribution in [3.05, 3.63) is 65.7 Å². The number of H-pyrrole nitrogens is 1. The van der Waals surface area contributed by atoms with Gasteiger partial charge in [0, 0.05) is 22.9 Å². The van der Waals surface area contributed by atoms with E-state index >= 15 is 0 Å². The molecule has 0 spiro atoms. The maximum Gasteiger partial charge on any atom is 0.258 e. The third-order valence-corrected chi connectivity index (χ3v) is 13.4. The summed E-state index contributed by atoms with van der Waals surface area (Å²) in [7, 11) is -0.388. The molecule has 0 bridgehead atoms. The summed E-state index contributed by atoms with van der Waals surface area (Å²) in [4.78, 5) is 3.61. The van der Waals surface area contributed by atoms with Gasteiger partial charge in [0.2, 0.25) is 0 Å². The molecular formula is C30H39NO3Si. The first-order valence-corrected chi connectivity index (χ1v) is 14.8. The predicted molar refractivity (Wildman–Crippen MR) is 150 cm³/mol. The van der Waals surface area contributed by atoms with Crippen molar-refractivity contribution in [2.75, 3.05) is 7.11 Å². The van der Waals surface area contributed by atoms with Gasteiger partial charge in [0.25, 0.3) is 8.32 Å². The number of benzene rings is 3. The molecule has 186 valence electrons. The van der Waals surface area contributed by atoms with Gasteiger partial charge in [-0.2, -0.15) is 0 Å². The number of methoxy groups -OCH3 is 1. The van der Waals surface area contributed by atoms with Crippen LogP contribution in [0.4, 0.5) is 0 Å². The molecule has 0 aliphatic rings. The number of aromatic amines is 1. The third-order valence-electron chi connectivity index (χ3n) is 7.41. The lowest BCUT2D eigenvalue weighted by Gasteiger charge is -2.42. The quantitative estimate of drug-likeness (QED) is 0.239. The van der Waals surface area contributed by atoms with Crippen LogP contribution in [0, 0.1) is 6.92 Å². The Morgan fingerprint density at radius 1 is 0.743 bits per heavy atom. The molecule has 0 saturated carbocycles. The Labute approximate surface area is 210 Å². The summed E-state index contributed by atoms with van der Waals surface area (Å²) in [5.41, 5.74) is 5.82. The van der Waals surface area contributed by atoms with Crippen LogP contribution in [0.5, 0.6) is 17.2 Å². The lowest BCUT2D eigenvalue weighted by Crippen LogP contribution is -2.50. The van der Waals surface area contributed by atoms with E-state index in [-0.39, 0.29) is 0 Å². The summed E-state index contributed by atoms with van der Waals surface area (Å²) in [5.74, 6) is 2.52. The highest BCUT2D eigenvalue weighted by molar-refractivity contribution is 6.78. The fourth-order valence-electron chi connectivity index (χ4n) is 5.72. The summed E-state index contributed by atoms with van der Waals surface area (Å²) < 4.78 is 19.1. The molecule has 5 heteroatoms. The maximum atomic E-state index is 7.02. The van der Waals surface area contributed by atoms with Crippen LogP contribution >= 0.6 is 0 Å². The Balaban J connectivity index is 1.76. The van der Waals surface area contributed by atoms with E-state index in [2.05, 4.69) is 89.8 Å². The van der Waals surface area contributed by atoms with Gasteiger partial charge in [0.15, 0.2) is 5.75 Å². The van der Waals surface area contributed by atoms with Crippen molar-refractivity contribution in [1.29, 1.82) is 0 Å². The van der Waals surface area contributed by atoms with Gasteiger partial charge in [-0.05, 0) is 46.8 Å². The number of aromatic nitrogens is 1. The Bertz CT molecular complexity index is 1290. The van der Waals surface area contributed by atoms with Crippen LogP contribution in [0.3, 0.4) is 0 Å². The second-order valence-electron chi connectivity index (χ2n) is 10.5. The van der Waals surface area contributed by atoms with Crippen LogP contribution in [0.1, 0.15) is 52.7 Å². The molecule has 0 radical (unpaired) electrons. The highest BCUT2D eigenvalue weighted by Crippen LogP contribution is 2.46. The van der Waals surface area contributed by atoms with Crippen molar-refractivity contribution in [2.24, 2.45) is 0 Å². The Kier molecular flexibility index (Phi) is 7.18. The van der Waals surface area contributed by atoms with E-state index in [9.17, 15) is 0 Å². The van der Waals surface area contributed by atoms with Crippen molar-refractivity contribution < 1.29 is 13.9 Å². The topological polar surface area (TPSA) is 43.5 Å². The number of fused-ring (bicyclic) bond motifs is 3. The lowest BCUT2D eigenvalue weighted by atomic mass is 10.1. The van der Waals surface area contributed by atoms with Gasteiger partial charge in [-0.15, -0.1) is 0 Å². The van der Waals surface area contributed by atoms with Gasteiger partial charge in [0.1, 0.15) is 18.1 Å². The summed E-state index contributed by atoms with van der Waals surface area (Å²) in [6.45, 7) is 16.5. The molecule has 3 aromatic carbocycles. The molecule has 4 nitrogen and oxygen atoms in total. The van der Waals surface area contributed by atoms with E-state index in [1.807, 2.05) is 18.2 Å². The van der Waals surface area contributed by atoms with Crippen molar-refractivity contribution >= 4 is 30.1 Å². The molecule has 4 rings (SSSR count). The number of hydrogen-bond acceptors (Lipinski definition) is 3. The van der Waals surface area contributed by atoms with Gasteiger partial charge >= 0.3 is 0 Å². The Morgan fingerprint density at radius 3 is 1.89 bits per heavy atom. The van der Waals surface area contributed by atoms with Crippen molar-refractivity contribution in [3.63, 3.8) is 0 Å². The monoisotopic (exact) mass is 489 g/mol. The van der Waals surface area contributed by atoms with E-state index in [0.29, 0.717) is 23.2 Å². The second kappa shape index (κ2) is 9.98. The van der Waals surface area contributed by atoms with Crippen LogP contribution in [0.15, 0.2) is 54.6 Å². The fraction of sp³-hybridized carbons (Fsp3) is 0.400. The smallest absolute Gasteiger partial charge is 0.258 e. The fourth-order valence-corrected chi connectivity index (χ4v) is 11.0. The first kappa shape index (κ1) is 25.2. The summed E-state index contributed by atoms with van der Waals surface area (Å²) >= 11 is 0. The molecule has 35 heavy (non-hydrogen) atoms. The largest absolute Gasteiger partial charge is 0.540 e. The first-order valence-electron chi connectivity index (χ1n) is 12.7. The van der Waals surface area contributed by atoms with Crippen LogP contribution in [0.25, 0.3) is 21.8 Å². The summed E-state index contributed by atoms with van der Waals surface area (Å²) in [6.07, 6.45) is 0. The van der Waals surface area contributed by atoms with Crippen molar-refractivity contribution in [2.45, 2.75) is 71.7 Å². The molecule has 1 aromatic heterocycles. The Morgan fingerprint density at radius 2 is 1.31 bits per heavy atom. The number of rotatable bonds is 9. The summed E-state index contributed by atoms with van der Waals surface area (Å²) in [5, 5.41) is 2.29. The van der Waals surface area contributed by atoms with Crippen LogP contribution in [-0.4, -0.2) is 20.4 Å². The lowest BCUT2D eigenvalue weighted by molar-refractivity contribution is 0.304. The average molecular weight is 490 g/mol. The van der Waals surface area contributed by atoms with Crippen molar-refractivity contribution in [3.8, 4) is 17.2 Å². The van der Waals surface area contributed by atoms with E-state index in [1.165, 1.54) is 0 Å². The maximum absolute atomic E-state index is 7.02. The van der Waals surface area contributed by atoms with Gasteiger partial charge in [-0.3, -0.25) is 0 Å². The number of aryl methyl sites for hydroxylation is 1. The van der Waals surface area contributed by atoms with E-state index in [0.717, 1.165) is 50.2 Å². The summed E-state index contributed by atoms with van der Waals surface area (Å²) in [6, 6.07) is 18.8. The number of hydrogen-bond donors (Lipinski definition) is 1. The third kappa shape index (κ3) is 4.66. The standard InChI is InChI=1S/C30H39NO3Si/c1-19(2)35(20(3)4,21(5)6)34-30-17-27-25(15-29(30)32-8)24-14-22(7)28(16-26(24)31-27)33-18-23-12-10-9-11-13-23/h9-17,19-21,31H,18H2,1-8H3. The molecule has 0 fully saturated rings. The zero-order valence-electron chi connectivity index (χ0n) is 22.4. The predicted octanol–water partition coefficient (Wildman–Crippen LogP) is 8.77. The molecular weight excluding hydrogens is 450 g/mol. The minimum atomic E-state index is -2.12. The van der Waals surface area contributed by atoms with E-state index in [4.69, 9.17) is 13.9 Å². The number of nitrogens with one attached hydrogen (secondary N) is 1. The molecule has 1 heterocycles. The average Bonchev–Trinajstić information content (AvgIpc) is 3.16. The SMILES string of the molecule is COc1cc2c(cc1O[Si](C(C)C)(C(C)C)C(C)C)[nH]c1cc(OCc3ccccc3)c(C)cc12. The van der Waals surface area contributed by atoms with Gasteiger partial charge < -0.3 is 18.9 Å². The minimum absolute atomic E-state index is 0.484. The van der Waals surface area contributed by atoms with Crippen LogP contribution in [0.2, 0.25) is 16.6 Å². The van der Waals surface area contributed by atoms with Gasteiger partial charge in [0.05, 0.1) is 18.1 Å². The molecule has 0 unspecified atom stereocenters. The normalized spacial score (nSPS) is 12.3. The minimum Gasteiger partial charge on any atom is -0.540 e. The van der Waals surface area contributed by atoms with Crippen molar-refractivity contribution in [1.82, 2.24) is 4.98 Å². The molecule has 1 N–H and O–H groups in total. The van der Waals surface area contributed by atoms with E-state index < -0.39 is 8.32 Å². The van der Waals surface area contributed by atoms with E-state index in [1.54, 1.807) is 7.11 Å². The molecule has 4 aromatic rings. The van der Waals surface area contributed by atoms with Crippen LogP contribution in [-0.2, 0) is 6.61 Å². The zero-order valence-corrected chi connectivity index (χ0v) is 23.4. The highest BCUT2D eigenvalue weighted by atomic mass is 28.4.